The fourth-order valence-corrected chi connectivity index (χ4v) is 2.69. The Morgan fingerprint density at radius 1 is 1.27 bits per heavy atom. The van der Waals surface area contributed by atoms with Crippen molar-refractivity contribution >= 4 is 5.91 Å². The van der Waals surface area contributed by atoms with E-state index < -0.39 is 11.9 Å². The number of amides is 1. The van der Waals surface area contributed by atoms with Crippen LogP contribution in [0, 0.1) is 0 Å². The molecule has 1 amide bonds. The predicted molar refractivity (Wildman–Crippen MR) is 76.2 cm³/mol. The highest BCUT2D eigenvalue weighted by Gasteiger charge is 2.40. The van der Waals surface area contributed by atoms with E-state index in [0.29, 0.717) is 38.0 Å². The third-order valence-electron chi connectivity index (χ3n) is 3.61. The summed E-state index contributed by atoms with van der Waals surface area (Å²) in [6.45, 7) is 7.58. The quantitative estimate of drug-likeness (QED) is 0.757. The minimum atomic E-state index is -4.48. The molecule has 1 aromatic rings. The maximum atomic E-state index is 13.0. The standard InChI is InChI=1S/C15H18F3N3O/c1-3-8-20(9-4-2)13(22)10-21-12-7-5-6-11(12)14(19-21)15(16,17)18/h3-4H,1-2,5-10H2. The zero-order valence-electron chi connectivity index (χ0n) is 12.2. The molecule has 1 heterocycles. The van der Waals surface area contributed by atoms with E-state index in [2.05, 4.69) is 18.3 Å². The third kappa shape index (κ3) is 3.23. The number of halogens is 3. The molecule has 1 aliphatic rings. The molecule has 1 aliphatic carbocycles. The fourth-order valence-electron chi connectivity index (χ4n) is 2.69. The SMILES string of the molecule is C=CCN(CC=C)C(=O)Cn1nc(C(F)(F)F)c2c1CCC2. The fraction of sp³-hybridized carbons (Fsp3) is 0.467. The van der Waals surface area contributed by atoms with Crippen LogP contribution in [0.5, 0.6) is 0 Å². The second-order valence-corrected chi connectivity index (χ2v) is 5.16. The van der Waals surface area contributed by atoms with Crippen molar-refractivity contribution in [2.75, 3.05) is 13.1 Å². The van der Waals surface area contributed by atoms with E-state index in [0.717, 1.165) is 0 Å². The van der Waals surface area contributed by atoms with Gasteiger partial charge in [-0.15, -0.1) is 13.2 Å². The lowest BCUT2D eigenvalue weighted by Crippen LogP contribution is -2.34. The van der Waals surface area contributed by atoms with Gasteiger partial charge in [0.25, 0.3) is 0 Å². The van der Waals surface area contributed by atoms with Gasteiger partial charge in [-0.25, -0.2) is 0 Å². The van der Waals surface area contributed by atoms with Gasteiger partial charge in [0, 0.05) is 24.3 Å². The molecule has 2 rings (SSSR count). The molecule has 0 N–H and O–H groups in total. The first-order valence-electron chi connectivity index (χ1n) is 7.03. The van der Waals surface area contributed by atoms with Gasteiger partial charge < -0.3 is 4.90 Å². The minimum absolute atomic E-state index is 0.194. The van der Waals surface area contributed by atoms with Crippen LogP contribution in [0.3, 0.4) is 0 Å². The molecule has 0 saturated carbocycles. The summed E-state index contributed by atoms with van der Waals surface area (Å²) >= 11 is 0. The van der Waals surface area contributed by atoms with Crippen molar-refractivity contribution < 1.29 is 18.0 Å². The van der Waals surface area contributed by atoms with Crippen LogP contribution in [0.25, 0.3) is 0 Å². The van der Waals surface area contributed by atoms with Crippen LogP contribution in [0.2, 0.25) is 0 Å². The van der Waals surface area contributed by atoms with E-state index in [1.165, 1.54) is 9.58 Å². The average Bonchev–Trinajstić information content (AvgIpc) is 3.01. The Morgan fingerprint density at radius 3 is 2.45 bits per heavy atom. The molecule has 7 heteroatoms. The van der Waals surface area contributed by atoms with Gasteiger partial charge in [-0.1, -0.05) is 12.2 Å². The van der Waals surface area contributed by atoms with Crippen molar-refractivity contribution in [2.45, 2.75) is 32.0 Å². The number of nitrogens with zero attached hydrogens (tertiary/aromatic N) is 3. The highest BCUT2D eigenvalue weighted by atomic mass is 19.4. The van der Waals surface area contributed by atoms with Crippen molar-refractivity contribution in [3.8, 4) is 0 Å². The summed E-state index contributed by atoms with van der Waals surface area (Å²) in [5.41, 5.74) is -0.0936. The van der Waals surface area contributed by atoms with E-state index in [4.69, 9.17) is 0 Å². The van der Waals surface area contributed by atoms with Crippen LogP contribution in [-0.2, 0) is 30.4 Å². The minimum Gasteiger partial charge on any atom is -0.334 e. The summed E-state index contributed by atoms with van der Waals surface area (Å²) < 4.78 is 40.2. The molecule has 0 fully saturated rings. The summed E-state index contributed by atoms with van der Waals surface area (Å²) in [4.78, 5) is 13.7. The van der Waals surface area contributed by atoms with Crippen molar-refractivity contribution in [1.29, 1.82) is 0 Å². The van der Waals surface area contributed by atoms with E-state index in [1.807, 2.05) is 0 Å². The molecule has 0 aromatic carbocycles. The van der Waals surface area contributed by atoms with Gasteiger partial charge in [-0.3, -0.25) is 9.48 Å². The highest BCUT2D eigenvalue weighted by molar-refractivity contribution is 5.76. The molecule has 0 unspecified atom stereocenters. The summed E-state index contributed by atoms with van der Waals surface area (Å²) in [6.07, 6.45) is 0.195. The monoisotopic (exact) mass is 313 g/mol. The Labute approximate surface area is 126 Å². The molecule has 1 aromatic heterocycles. The lowest BCUT2D eigenvalue weighted by molar-refractivity contribution is -0.142. The Kier molecular flexibility index (Phi) is 4.73. The lowest BCUT2D eigenvalue weighted by atomic mass is 10.2. The molecular formula is C15H18F3N3O. The van der Waals surface area contributed by atoms with Crippen molar-refractivity contribution in [2.24, 2.45) is 0 Å². The zero-order valence-corrected chi connectivity index (χ0v) is 12.2. The molecule has 0 atom stereocenters. The number of carbonyl (C=O) groups excluding carboxylic acids is 1. The van der Waals surface area contributed by atoms with Gasteiger partial charge in [-0.05, 0) is 19.3 Å². The largest absolute Gasteiger partial charge is 0.435 e. The molecule has 22 heavy (non-hydrogen) atoms. The van der Waals surface area contributed by atoms with Gasteiger partial charge in [0.1, 0.15) is 6.54 Å². The third-order valence-corrected chi connectivity index (χ3v) is 3.61. The molecule has 0 aliphatic heterocycles. The second kappa shape index (κ2) is 6.37. The summed E-state index contributed by atoms with van der Waals surface area (Å²) in [5.74, 6) is -0.300. The molecule has 0 spiro atoms. The number of hydrogen-bond acceptors (Lipinski definition) is 2. The Morgan fingerprint density at radius 2 is 1.91 bits per heavy atom. The van der Waals surface area contributed by atoms with E-state index in [-0.39, 0.29) is 18.0 Å². The van der Waals surface area contributed by atoms with Crippen LogP contribution in [-0.4, -0.2) is 33.7 Å². The van der Waals surface area contributed by atoms with Crippen LogP contribution in [0.15, 0.2) is 25.3 Å². The number of fused-ring (bicyclic) bond motifs is 1. The second-order valence-electron chi connectivity index (χ2n) is 5.16. The number of carbonyl (C=O) groups is 1. The molecular weight excluding hydrogens is 295 g/mol. The lowest BCUT2D eigenvalue weighted by Gasteiger charge is -2.19. The first-order valence-corrected chi connectivity index (χ1v) is 7.03. The van der Waals surface area contributed by atoms with Crippen LogP contribution < -0.4 is 0 Å². The molecule has 120 valence electrons. The highest BCUT2D eigenvalue weighted by Crippen LogP contribution is 2.36. The Balaban J connectivity index is 2.25. The normalized spacial score (nSPS) is 13.8. The van der Waals surface area contributed by atoms with Gasteiger partial charge in [0.2, 0.25) is 5.91 Å². The maximum Gasteiger partial charge on any atom is 0.435 e. The number of alkyl halides is 3. The summed E-state index contributed by atoms with van der Waals surface area (Å²) in [7, 11) is 0. The number of hydrogen-bond donors (Lipinski definition) is 0. The van der Waals surface area contributed by atoms with Crippen molar-refractivity contribution in [1.82, 2.24) is 14.7 Å². The molecule has 0 bridgehead atoms. The van der Waals surface area contributed by atoms with Crippen LogP contribution in [0.1, 0.15) is 23.4 Å². The molecule has 0 saturated heterocycles. The Hall–Kier alpha value is -2.05. The van der Waals surface area contributed by atoms with Gasteiger partial charge in [0.05, 0.1) is 0 Å². The van der Waals surface area contributed by atoms with Gasteiger partial charge in [-0.2, -0.15) is 18.3 Å². The van der Waals surface area contributed by atoms with E-state index in [1.54, 1.807) is 12.2 Å². The van der Waals surface area contributed by atoms with Crippen LogP contribution >= 0.6 is 0 Å². The smallest absolute Gasteiger partial charge is 0.334 e. The number of aromatic nitrogens is 2. The molecule has 4 nitrogen and oxygen atoms in total. The van der Waals surface area contributed by atoms with E-state index in [9.17, 15) is 18.0 Å². The van der Waals surface area contributed by atoms with Crippen molar-refractivity contribution in [3.05, 3.63) is 42.3 Å². The number of rotatable bonds is 6. The predicted octanol–water partition coefficient (Wildman–Crippen LogP) is 2.59. The molecule has 0 radical (unpaired) electrons. The summed E-state index contributed by atoms with van der Waals surface area (Å²) in [5, 5.41) is 3.64. The summed E-state index contributed by atoms with van der Waals surface area (Å²) in [6, 6.07) is 0. The topological polar surface area (TPSA) is 38.1 Å². The zero-order chi connectivity index (χ0) is 16.3. The van der Waals surface area contributed by atoms with Crippen molar-refractivity contribution in [3.63, 3.8) is 0 Å². The average molecular weight is 313 g/mol. The Bertz CT molecular complexity index is 580. The van der Waals surface area contributed by atoms with Crippen LogP contribution in [0.4, 0.5) is 13.2 Å². The maximum absolute atomic E-state index is 13.0. The van der Waals surface area contributed by atoms with Gasteiger partial charge >= 0.3 is 6.18 Å². The first-order chi connectivity index (χ1) is 10.4. The first kappa shape index (κ1) is 16.3. The van der Waals surface area contributed by atoms with Gasteiger partial charge in [0.15, 0.2) is 5.69 Å². The van der Waals surface area contributed by atoms with E-state index >= 15 is 0 Å².